The molecule has 3 rings (SSSR count). The van der Waals surface area contributed by atoms with E-state index in [1.54, 1.807) is 0 Å². The number of nitrogens with one attached hydrogen (secondary N) is 1. The molecular weight excluding hydrogens is 314 g/mol. The number of benzene rings is 2. The number of nitrogens with zero attached hydrogens (tertiary/aromatic N) is 4. The Hall–Kier alpha value is -3.02. The summed E-state index contributed by atoms with van der Waals surface area (Å²) < 4.78 is 0. The molecule has 0 unspecified atom stereocenters. The second-order valence-corrected chi connectivity index (χ2v) is 6.06. The Morgan fingerprint density at radius 3 is 2.56 bits per heavy atom. The summed E-state index contributed by atoms with van der Waals surface area (Å²) in [6.07, 6.45) is 0.985. The number of aromatic nitrogens is 4. The van der Waals surface area contributed by atoms with Crippen molar-refractivity contribution >= 4 is 11.6 Å². The van der Waals surface area contributed by atoms with Crippen LogP contribution in [0, 0.1) is 13.8 Å². The highest BCUT2D eigenvalue weighted by Crippen LogP contribution is 2.16. The molecule has 128 valence electrons. The van der Waals surface area contributed by atoms with Crippen LogP contribution in [0.2, 0.25) is 0 Å². The van der Waals surface area contributed by atoms with Gasteiger partial charge in [-0.25, -0.2) is 0 Å². The molecule has 0 spiro atoms. The van der Waals surface area contributed by atoms with Crippen molar-refractivity contribution in [3.63, 3.8) is 0 Å². The number of carbonyl (C=O) groups is 1. The molecule has 1 heterocycles. The van der Waals surface area contributed by atoms with Gasteiger partial charge in [-0.15, -0.1) is 10.2 Å². The first-order chi connectivity index (χ1) is 12.0. The molecule has 0 aliphatic rings. The summed E-state index contributed by atoms with van der Waals surface area (Å²) in [5.41, 5.74) is 5.12. The van der Waals surface area contributed by atoms with Gasteiger partial charge in [0.25, 0.3) is 0 Å². The van der Waals surface area contributed by atoms with Crippen LogP contribution < -0.4 is 5.32 Å². The molecule has 6 nitrogen and oxygen atoms in total. The van der Waals surface area contributed by atoms with E-state index in [-0.39, 0.29) is 12.5 Å². The molecule has 0 saturated carbocycles. The maximum absolute atomic E-state index is 12.2. The lowest BCUT2D eigenvalue weighted by atomic mass is 10.1. The van der Waals surface area contributed by atoms with Gasteiger partial charge in [-0.3, -0.25) is 4.79 Å². The summed E-state index contributed by atoms with van der Waals surface area (Å²) in [6, 6.07) is 13.9. The van der Waals surface area contributed by atoms with Gasteiger partial charge in [0.2, 0.25) is 11.7 Å². The molecule has 1 aromatic heterocycles. The van der Waals surface area contributed by atoms with Crippen molar-refractivity contribution in [1.29, 1.82) is 0 Å². The highest BCUT2D eigenvalue weighted by atomic mass is 16.2. The summed E-state index contributed by atoms with van der Waals surface area (Å²) in [5, 5.41) is 15.2. The monoisotopic (exact) mass is 335 g/mol. The van der Waals surface area contributed by atoms with Crippen molar-refractivity contribution in [2.75, 3.05) is 5.32 Å². The molecule has 0 aliphatic heterocycles. The minimum absolute atomic E-state index is 0.0212. The molecule has 25 heavy (non-hydrogen) atoms. The molecule has 6 heteroatoms. The lowest BCUT2D eigenvalue weighted by Crippen LogP contribution is -2.21. The van der Waals surface area contributed by atoms with Crippen molar-refractivity contribution in [3.8, 4) is 11.4 Å². The van der Waals surface area contributed by atoms with E-state index in [1.807, 2.05) is 56.3 Å². The van der Waals surface area contributed by atoms with Gasteiger partial charge < -0.3 is 5.32 Å². The lowest BCUT2D eigenvalue weighted by molar-refractivity contribution is -0.117. The maximum Gasteiger partial charge on any atom is 0.248 e. The Morgan fingerprint density at radius 2 is 1.88 bits per heavy atom. The van der Waals surface area contributed by atoms with Crippen molar-refractivity contribution in [2.45, 2.75) is 33.7 Å². The number of hydrogen-bond donors (Lipinski definition) is 1. The number of hydrogen-bond acceptors (Lipinski definition) is 4. The summed E-state index contributed by atoms with van der Waals surface area (Å²) in [6.45, 7) is 6.12. The van der Waals surface area contributed by atoms with Crippen molar-refractivity contribution in [3.05, 3.63) is 59.2 Å². The fraction of sp³-hybridized carbons (Fsp3) is 0.263. The van der Waals surface area contributed by atoms with E-state index in [0.717, 1.165) is 28.8 Å². The van der Waals surface area contributed by atoms with E-state index in [4.69, 9.17) is 0 Å². The molecule has 3 aromatic rings. The highest BCUT2D eigenvalue weighted by Gasteiger charge is 2.10. The molecule has 1 N–H and O–H groups in total. The molecule has 0 aliphatic carbocycles. The Balaban J connectivity index is 1.67. The second-order valence-electron chi connectivity index (χ2n) is 6.06. The Labute approximate surface area is 146 Å². The molecule has 1 amide bonds. The summed E-state index contributed by atoms with van der Waals surface area (Å²) in [4.78, 5) is 13.5. The van der Waals surface area contributed by atoms with Crippen LogP contribution in [0.5, 0.6) is 0 Å². The van der Waals surface area contributed by atoms with Crippen LogP contribution in [-0.4, -0.2) is 26.1 Å². The number of anilines is 1. The van der Waals surface area contributed by atoms with E-state index in [0.29, 0.717) is 5.82 Å². The zero-order chi connectivity index (χ0) is 17.8. The van der Waals surface area contributed by atoms with Crippen LogP contribution in [0.1, 0.15) is 23.6 Å². The summed E-state index contributed by atoms with van der Waals surface area (Å²) in [7, 11) is 0. The minimum atomic E-state index is -0.183. The van der Waals surface area contributed by atoms with E-state index >= 15 is 0 Å². The van der Waals surface area contributed by atoms with Crippen LogP contribution in [0.15, 0.2) is 42.5 Å². The quantitative estimate of drug-likeness (QED) is 0.777. The molecule has 0 radical (unpaired) electrons. The predicted molar refractivity (Wildman–Crippen MR) is 97.2 cm³/mol. The number of tetrazole rings is 1. The van der Waals surface area contributed by atoms with Crippen LogP contribution in [0.25, 0.3) is 11.4 Å². The number of amides is 1. The van der Waals surface area contributed by atoms with Gasteiger partial charge in [0.15, 0.2) is 0 Å². The van der Waals surface area contributed by atoms with E-state index in [1.165, 1.54) is 10.4 Å². The second kappa shape index (κ2) is 7.25. The van der Waals surface area contributed by atoms with E-state index in [2.05, 4.69) is 27.7 Å². The topological polar surface area (TPSA) is 72.7 Å². The van der Waals surface area contributed by atoms with E-state index in [9.17, 15) is 4.79 Å². The third-order valence-corrected chi connectivity index (χ3v) is 4.01. The minimum Gasteiger partial charge on any atom is -0.324 e. The van der Waals surface area contributed by atoms with Crippen molar-refractivity contribution < 1.29 is 4.79 Å². The summed E-state index contributed by atoms with van der Waals surface area (Å²) >= 11 is 0. The smallest absolute Gasteiger partial charge is 0.248 e. The number of rotatable bonds is 5. The normalized spacial score (nSPS) is 10.7. The number of carbonyl (C=O) groups excluding carboxylic acids is 1. The molecule has 0 saturated heterocycles. The van der Waals surface area contributed by atoms with Gasteiger partial charge in [-0.1, -0.05) is 48.9 Å². The first-order valence-corrected chi connectivity index (χ1v) is 8.29. The van der Waals surface area contributed by atoms with Gasteiger partial charge in [-0.05, 0) is 42.7 Å². The molecule has 0 bridgehead atoms. The standard InChI is InChI=1S/C19H21N5O/c1-4-15-6-8-16(9-7-15)19-21-23-24(22-19)12-18(25)20-17-10-5-13(2)11-14(17)3/h5-11H,4,12H2,1-3H3,(H,20,25). The van der Waals surface area contributed by atoms with E-state index < -0.39 is 0 Å². The Kier molecular flexibility index (Phi) is 4.88. The van der Waals surface area contributed by atoms with Crippen LogP contribution in [0.4, 0.5) is 5.69 Å². The van der Waals surface area contributed by atoms with Crippen LogP contribution in [-0.2, 0) is 17.8 Å². The third kappa shape index (κ3) is 4.09. The average Bonchev–Trinajstić information content (AvgIpc) is 3.06. The fourth-order valence-electron chi connectivity index (χ4n) is 2.59. The molecular formula is C19H21N5O. The molecule has 2 aromatic carbocycles. The zero-order valence-corrected chi connectivity index (χ0v) is 14.7. The Bertz CT molecular complexity index is 883. The molecule has 0 fully saturated rings. The fourth-order valence-corrected chi connectivity index (χ4v) is 2.59. The van der Waals surface area contributed by atoms with Crippen molar-refractivity contribution in [1.82, 2.24) is 20.2 Å². The first kappa shape index (κ1) is 16.8. The van der Waals surface area contributed by atoms with Crippen LogP contribution in [0.3, 0.4) is 0 Å². The maximum atomic E-state index is 12.2. The highest BCUT2D eigenvalue weighted by molar-refractivity contribution is 5.91. The Morgan fingerprint density at radius 1 is 1.12 bits per heavy atom. The van der Waals surface area contributed by atoms with Crippen molar-refractivity contribution in [2.24, 2.45) is 0 Å². The predicted octanol–water partition coefficient (Wildman–Crippen LogP) is 3.16. The largest absolute Gasteiger partial charge is 0.324 e. The SMILES string of the molecule is CCc1ccc(-c2nnn(CC(=O)Nc3ccc(C)cc3C)n2)cc1. The van der Waals surface area contributed by atoms with Gasteiger partial charge in [0.05, 0.1) is 0 Å². The number of aryl methyl sites for hydroxylation is 3. The zero-order valence-electron chi connectivity index (χ0n) is 14.7. The van der Waals surface area contributed by atoms with Crippen LogP contribution >= 0.6 is 0 Å². The third-order valence-electron chi connectivity index (χ3n) is 4.01. The van der Waals surface area contributed by atoms with Gasteiger partial charge >= 0.3 is 0 Å². The lowest BCUT2D eigenvalue weighted by Gasteiger charge is -2.08. The van der Waals surface area contributed by atoms with Gasteiger partial charge in [0, 0.05) is 11.3 Å². The molecule has 0 atom stereocenters. The summed E-state index contributed by atoms with van der Waals surface area (Å²) in [5.74, 6) is 0.333. The average molecular weight is 335 g/mol. The van der Waals surface area contributed by atoms with Gasteiger partial charge in [0.1, 0.15) is 6.54 Å². The first-order valence-electron chi connectivity index (χ1n) is 8.29. The van der Waals surface area contributed by atoms with Gasteiger partial charge in [-0.2, -0.15) is 4.80 Å².